The molecule has 2 saturated heterocycles. The van der Waals surface area contributed by atoms with Crippen molar-refractivity contribution in [3.8, 4) is 0 Å². The molecule has 0 aromatic heterocycles. The SMILES string of the molecule is CC1C(=O)N(C(=O)N(C)C)C1C(C)(C)N1CCCCC1. The molecule has 5 heteroatoms. The lowest BCUT2D eigenvalue weighted by molar-refractivity contribution is -0.159. The van der Waals surface area contributed by atoms with Gasteiger partial charge in [-0.15, -0.1) is 0 Å². The number of hydrogen-bond donors (Lipinski definition) is 0. The topological polar surface area (TPSA) is 43.9 Å². The number of hydrogen-bond acceptors (Lipinski definition) is 3. The van der Waals surface area contributed by atoms with Gasteiger partial charge in [0.1, 0.15) is 0 Å². The lowest BCUT2D eigenvalue weighted by Crippen LogP contribution is -2.74. The number of rotatable bonds is 2. The molecule has 2 fully saturated rings. The summed E-state index contributed by atoms with van der Waals surface area (Å²) in [4.78, 5) is 29.7. The molecule has 0 aromatic carbocycles. The summed E-state index contributed by atoms with van der Waals surface area (Å²) in [5.41, 5.74) is -0.153. The number of carbonyl (C=O) groups is 2. The molecule has 20 heavy (non-hydrogen) atoms. The molecule has 0 saturated carbocycles. The molecule has 0 bridgehead atoms. The van der Waals surface area contributed by atoms with Crippen LogP contribution in [-0.2, 0) is 4.79 Å². The quantitative estimate of drug-likeness (QED) is 0.725. The van der Waals surface area contributed by atoms with Crippen molar-refractivity contribution in [2.75, 3.05) is 27.2 Å². The zero-order valence-electron chi connectivity index (χ0n) is 13.3. The molecule has 2 heterocycles. The monoisotopic (exact) mass is 281 g/mol. The zero-order chi connectivity index (χ0) is 15.1. The van der Waals surface area contributed by atoms with Gasteiger partial charge in [-0.25, -0.2) is 4.79 Å². The second kappa shape index (κ2) is 5.35. The van der Waals surface area contributed by atoms with Crippen molar-refractivity contribution in [3.63, 3.8) is 0 Å². The minimum absolute atomic E-state index is 0.0250. The largest absolute Gasteiger partial charge is 0.330 e. The van der Waals surface area contributed by atoms with Crippen LogP contribution in [0.5, 0.6) is 0 Å². The van der Waals surface area contributed by atoms with Gasteiger partial charge in [0.25, 0.3) is 0 Å². The third-order valence-corrected chi connectivity index (χ3v) is 4.86. The number of β-lactam (4-membered cyclic amide) rings is 1. The highest BCUT2D eigenvalue weighted by Crippen LogP contribution is 2.39. The molecule has 3 amide bonds. The van der Waals surface area contributed by atoms with Crippen LogP contribution in [0.3, 0.4) is 0 Å². The van der Waals surface area contributed by atoms with Crippen molar-refractivity contribution in [1.29, 1.82) is 0 Å². The third kappa shape index (κ3) is 2.32. The molecule has 2 aliphatic heterocycles. The molecule has 2 atom stereocenters. The van der Waals surface area contributed by atoms with Crippen molar-refractivity contribution in [3.05, 3.63) is 0 Å². The Labute approximate surface area is 121 Å². The average Bonchev–Trinajstić information content (AvgIpc) is 2.43. The van der Waals surface area contributed by atoms with E-state index in [1.54, 1.807) is 14.1 Å². The summed E-state index contributed by atoms with van der Waals surface area (Å²) in [7, 11) is 3.40. The molecular formula is C15H27N3O2. The predicted octanol–water partition coefficient (Wildman–Crippen LogP) is 1.78. The van der Waals surface area contributed by atoms with Crippen LogP contribution in [0.1, 0.15) is 40.0 Å². The number of nitrogens with zero attached hydrogens (tertiary/aromatic N) is 3. The Bertz CT molecular complexity index is 400. The van der Waals surface area contributed by atoms with Crippen LogP contribution in [0.4, 0.5) is 4.79 Å². The number of piperidine rings is 1. The molecule has 2 unspecified atom stereocenters. The van der Waals surface area contributed by atoms with E-state index in [1.807, 2.05) is 6.92 Å². The zero-order valence-corrected chi connectivity index (χ0v) is 13.3. The van der Waals surface area contributed by atoms with Gasteiger partial charge in [-0.2, -0.15) is 0 Å². The molecule has 0 radical (unpaired) electrons. The van der Waals surface area contributed by atoms with Gasteiger partial charge >= 0.3 is 6.03 Å². The summed E-state index contributed by atoms with van der Waals surface area (Å²) in [5.74, 6) is -0.116. The van der Waals surface area contributed by atoms with E-state index in [1.165, 1.54) is 29.1 Å². The van der Waals surface area contributed by atoms with Crippen LogP contribution in [-0.4, -0.2) is 65.4 Å². The number of likely N-dealkylation sites (tertiary alicyclic amines) is 2. The van der Waals surface area contributed by atoms with E-state index in [0.717, 1.165) is 13.1 Å². The minimum atomic E-state index is -0.191. The van der Waals surface area contributed by atoms with Crippen molar-refractivity contribution >= 4 is 11.9 Å². The number of carbonyl (C=O) groups excluding carboxylic acids is 2. The number of urea groups is 1. The van der Waals surface area contributed by atoms with Crippen molar-refractivity contribution in [1.82, 2.24) is 14.7 Å². The highest BCUT2D eigenvalue weighted by molar-refractivity contribution is 6.01. The molecule has 0 aromatic rings. The first-order valence-corrected chi connectivity index (χ1v) is 7.58. The van der Waals surface area contributed by atoms with Crippen LogP contribution < -0.4 is 0 Å². The van der Waals surface area contributed by atoms with Crippen molar-refractivity contribution in [2.24, 2.45) is 5.92 Å². The Morgan fingerprint density at radius 1 is 1.20 bits per heavy atom. The first-order valence-electron chi connectivity index (χ1n) is 7.58. The fourth-order valence-corrected chi connectivity index (χ4v) is 3.65. The van der Waals surface area contributed by atoms with E-state index in [9.17, 15) is 9.59 Å². The van der Waals surface area contributed by atoms with Crippen molar-refractivity contribution < 1.29 is 9.59 Å². The maximum absolute atomic E-state index is 12.2. The standard InChI is InChI=1S/C15H27N3O2/c1-11-12(18(13(11)19)14(20)16(4)5)15(2,3)17-9-7-6-8-10-17/h11-12H,6-10H2,1-5H3. The fraction of sp³-hybridized carbons (Fsp3) is 0.867. The van der Waals surface area contributed by atoms with E-state index >= 15 is 0 Å². The maximum Gasteiger partial charge on any atom is 0.326 e. The second-order valence-electron chi connectivity index (χ2n) is 6.82. The van der Waals surface area contributed by atoms with E-state index in [-0.39, 0.29) is 29.4 Å². The van der Waals surface area contributed by atoms with Crippen LogP contribution in [0.25, 0.3) is 0 Å². The Morgan fingerprint density at radius 2 is 1.75 bits per heavy atom. The van der Waals surface area contributed by atoms with Gasteiger partial charge in [0.2, 0.25) is 5.91 Å². The summed E-state index contributed by atoms with van der Waals surface area (Å²) in [6.45, 7) is 8.41. The Hall–Kier alpha value is -1.10. The highest BCUT2D eigenvalue weighted by atomic mass is 16.2. The summed E-state index contributed by atoms with van der Waals surface area (Å²) in [5, 5.41) is 0. The molecule has 2 rings (SSSR count). The minimum Gasteiger partial charge on any atom is -0.330 e. The second-order valence-corrected chi connectivity index (χ2v) is 6.82. The van der Waals surface area contributed by atoms with Crippen LogP contribution >= 0.6 is 0 Å². The van der Waals surface area contributed by atoms with Gasteiger partial charge in [-0.3, -0.25) is 14.6 Å². The van der Waals surface area contributed by atoms with Gasteiger partial charge in [0.05, 0.1) is 12.0 Å². The van der Waals surface area contributed by atoms with E-state index in [2.05, 4.69) is 18.7 Å². The van der Waals surface area contributed by atoms with Crippen LogP contribution in [0, 0.1) is 5.92 Å². The molecular weight excluding hydrogens is 254 g/mol. The predicted molar refractivity (Wildman–Crippen MR) is 78.4 cm³/mol. The van der Waals surface area contributed by atoms with Gasteiger partial charge in [-0.05, 0) is 39.8 Å². The summed E-state index contributed by atoms with van der Waals surface area (Å²) in [6.07, 6.45) is 3.70. The van der Waals surface area contributed by atoms with E-state index in [4.69, 9.17) is 0 Å². The van der Waals surface area contributed by atoms with E-state index < -0.39 is 0 Å². The molecule has 0 spiro atoms. The van der Waals surface area contributed by atoms with Gasteiger partial charge < -0.3 is 4.90 Å². The molecule has 114 valence electrons. The van der Waals surface area contributed by atoms with Gasteiger partial charge in [0.15, 0.2) is 0 Å². The number of amides is 3. The van der Waals surface area contributed by atoms with Crippen LogP contribution in [0.15, 0.2) is 0 Å². The highest BCUT2D eigenvalue weighted by Gasteiger charge is 2.56. The Balaban J connectivity index is 2.19. The third-order valence-electron chi connectivity index (χ3n) is 4.86. The van der Waals surface area contributed by atoms with Crippen molar-refractivity contribution in [2.45, 2.75) is 51.6 Å². The molecule has 2 aliphatic rings. The summed E-state index contributed by atoms with van der Waals surface area (Å²) in [6, 6.07) is -0.216. The lowest BCUT2D eigenvalue weighted by Gasteiger charge is -2.56. The average molecular weight is 281 g/mol. The van der Waals surface area contributed by atoms with E-state index in [0.29, 0.717) is 0 Å². The fourth-order valence-electron chi connectivity index (χ4n) is 3.65. The lowest BCUT2D eigenvalue weighted by atomic mass is 9.75. The summed E-state index contributed by atoms with van der Waals surface area (Å²) < 4.78 is 0. The van der Waals surface area contributed by atoms with Gasteiger partial charge in [-0.1, -0.05) is 13.3 Å². The normalized spacial score (nSPS) is 28.2. The first kappa shape index (κ1) is 15.3. The molecule has 0 aliphatic carbocycles. The van der Waals surface area contributed by atoms with Crippen LogP contribution in [0.2, 0.25) is 0 Å². The Kier molecular flexibility index (Phi) is 4.09. The smallest absolute Gasteiger partial charge is 0.326 e. The Morgan fingerprint density at radius 3 is 2.25 bits per heavy atom. The number of imide groups is 1. The first-order chi connectivity index (χ1) is 9.28. The molecule has 5 nitrogen and oxygen atoms in total. The van der Waals surface area contributed by atoms with Gasteiger partial charge in [0, 0.05) is 19.6 Å². The summed E-state index contributed by atoms with van der Waals surface area (Å²) >= 11 is 0. The molecule has 0 N–H and O–H groups in total. The maximum atomic E-state index is 12.2.